The number of aromatic amines is 1. The van der Waals surface area contributed by atoms with Crippen LogP contribution in [0.3, 0.4) is 0 Å². The van der Waals surface area contributed by atoms with Gasteiger partial charge in [0.15, 0.2) is 0 Å². The fraction of sp³-hybridized carbons (Fsp3) is 0.235. The summed E-state index contributed by atoms with van der Waals surface area (Å²) in [5, 5.41) is 7.14. The smallest absolute Gasteiger partial charge is 0.267 e. The molecule has 2 unspecified atom stereocenters. The number of aromatic nitrogens is 3. The van der Waals surface area contributed by atoms with E-state index >= 15 is 0 Å². The first kappa shape index (κ1) is 14.3. The summed E-state index contributed by atoms with van der Waals surface area (Å²) in [7, 11) is 0. The van der Waals surface area contributed by atoms with Crippen molar-refractivity contribution in [3.63, 3.8) is 0 Å². The molecule has 3 rings (SSSR count). The van der Waals surface area contributed by atoms with Crippen LogP contribution in [0.1, 0.15) is 41.0 Å². The van der Waals surface area contributed by atoms with Gasteiger partial charge in [0.25, 0.3) is 5.91 Å². The van der Waals surface area contributed by atoms with Crippen molar-refractivity contribution in [3.8, 4) is 0 Å². The summed E-state index contributed by atoms with van der Waals surface area (Å²) in [6.45, 7) is 2.20. The molecule has 5 heteroatoms. The highest BCUT2D eigenvalue weighted by Gasteiger charge is 2.35. The zero-order valence-corrected chi connectivity index (χ0v) is 12.4. The summed E-state index contributed by atoms with van der Waals surface area (Å²) in [5.74, 6) is -0.480. The highest BCUT2D eigenvalue weighted by atomic mass is 16.1. The van der Waals surface area contributed by atoms with Crippen molar-refractivity contribution in [2.45, 2.75) is 19.3 Å². The Morgan fingerprint density at radius 1 is 1.36 bits per heavy atom. The molecule has 22 heavy (non-hydrogen) atoms. The maximum Gasteiger partial charge on any atom is 0.267 e. The van der Waals surface area contributed by atoms with Gasteiger partial charge in [0.1, 0.15) is 5.69 Å². The number of primary amides is 1. The predicted octanol–water partition coefficient (Wildman–Crippen LogP) is 2.56. The van der Waals surface area contributed by atoms with Gasteiger partial charge in [0, 0.05) is 29.4 Å². The van der Waals surface area contributed by atoms with Gasteiger partial charge < -0.3 is 5.73 Å². The van der Waals surface area contributed by atoms with Crippen LogP contribution < -0.4 is 5.73 Å². The average molecular weight is 294 g/mol. The number of nitrogens with two attached hydrogens (primary N) is 1. The van der Waals surface area contributed by atoms with Crippen molar-refractivity contribution in [2.24, 2.45) is 11.1 Å². The molecule has 0 spiro atoms. The van der Waals surface area contributed by atoms with Crippen LogP contribution >= 0.6 is 0 Å². The van der Waals surface area contributed by atoms with E-state index in [0.717, 1.165) is 17.7 Å². The lowest BCUT2D eigenvalue weighted by Crippen LogP contribution is -2.26. The molecule has 1 aliphatic rings. The monoisotopic (exact) mass is 294 g/mol. The van der Waals surface area contributed by atoms with Crippen LogP contribution in [-0.2, 0) is 0 Å². The van der Waals surface area contributed by atoms with E-state index in [2.05, 4.69) is 40.3 Å². The van der Waals surface area contributed by atoms with Crippen molar-refractivity contribution < 1.29 is 4.79 Å². The minimum atomic E-state index is -0.519. The van der Waals surface area contributed by atoms with E-state index in [9.17, 15) is 4.79 Å². The number of carbonyl (C=O) groups excluding carboxylic acids is 1. The highest BCUT2D eigenvalue weighted by Crippen LogP contribution is 2.45. The summed E-state index contributed by atoms with van der Waals surface area (Å²) < 4.78 is 0. The van der Waals surface area contributed by atoms with Crippen molar-refractivity contribution >= 4 is 5.91 Å². The molecule has 2 atom stereocenters. The van der Waals surface area contributed by atoms with Crippen molar-refractivity contribution in [2.75, 3.05) is 0 Å². The molecule has 3 N–H and O–H groups in total. The summed E-state index contributed by atoms with van der Waals surface area (Å²) >= 11 is 0. The third-order valence-electron chi connectivity index (χ3n) is 4.14. The fourth-order valence-electron chi connectivity index (χ4n) is 3.06. The van der Waals surface area contributed by atoms with Crippen LogP contribution in [0, 0.1) is 5.41 Å². The van der Waals surface area contributed by atoms with Crippen molar-refractivity contribution in [1.29, 1.82) is 0 Å². The van der Waals surface area contributed by atoms with Gasteiger partial charge in [0.2, 0.25) is 0 Å². The topological polar surface area (TPSA) is 84.7 Å². The predicted molar refractivity (Wildman–Crippen MR) is 84.2 cm³/mol. The second kappa shape index (κ2) is 5.60. The molecule has 2 aromatic rings. The van der Waals surface area contributed by atoms with Crippen LogP contribution in [-0.4, -0.2) is 21.1 Å². The lowest BCUT2D eigenvalue weighted by atomic mass is 9.68. The maximum atomic E-state index is 11.4. The first-order valence-corrected chi connectivity index (χ1v) is 7.19. The van der Waals surface area contributed by atoms with Crippen LogP contribution in [0.5, 0.6) is 0 Å². The molecule has 2 aromatic heterocycles. The number of nitrogens with zero attached hydrogens (tertiary/aromatic N) is 2. The molecule has 112 valence electrons. The van der Waals surface area contributed by atoms with E-state index in [0.29, 0.717) is 0 Å². The molecule has 0 saturated carbocycles. The first-order chi connectivity index (χ1) is 10.6. The molecular weight excluding hydrogens is 276 g/mol. The SMILES string of the molecule is CC1(C(c2ccnc(C(N)=O)c2)c2ccn[nH]2)C=CC=CC1. The zero-order chi connectivity index (χ0) is 15.6. The number of allylic oxidation sites excluding steroid dienone is 4. The first-order valence-electron chi connectivity index (χ1n) is 7.19. The lowest BCUT2D eigenvalue weighted by Gasteiger charge is -2.35. The maximum absolute atomic E-state index is 11.4. The number of nitrogens with one attached hydrogen (secondary N) is 1. The molecule has 2 heterocycles. The van der Waals surface area contributed by atoms with Gasteiger partial charge >= 0.3 is 0 Å². The number of hydrogen-bond acceptors (Lipinski definition) is 3. The van der Waals surface area contributed by atoms with E-state index < -0.39 is 5.91 Å². The van der Waals surface area contributed by atoms with Gasteiger partial charge in [-0.25, -0.2) is 0 Å². The molecule has 0 radical (unpaired) electrons. The van der Waals surface area contributed by atoms with Gasteiger partial charge in [-0.15, -0.1) is 0 Å². The van der Waals surface area contributed by atoms with Crippen LogP contribution in [0.15, 0.2) is 54.9 Å². The third kappa shape index (κ3) is 2.57. The third-order valence-corrected chi connectivity index (χ3v) is 4.14. The Bertz CT molecular complexity index is 733. The number of pyridine rings is 1. The standard InChI is InChI=1S/C17H18N4O/c1-17(7-3-2-4-8-17)15(13-6-10-20-21-13)12-5-9-19-14(11-12)16(18)22/h2-7,9-11,15H,8H2,1H3,(H2,18,22)(H,20,21). The highest BCUT2D eigenvalue weighted by molar-refractivity contribution is 5.90. The van der Waals surface area contributed by atoms with Crippen LogP contribution in [0.2, 0.25) is 0 Å². The van der Waals surface area contributed by atoms with E-state index in [-0.39, 0.29) is 17.0 Å². The second-order valence-corrected chi connectivity index (χ2v) is 5.78. The van der Waals surface area contributed by atoms with Crippen molar-refractivity contribution in [1.82, 2.24) is 15.2 Å². The van der Waals surface area contributed by atoms with Gasteiger partial charge in [0.05, 0.1) is 0 Å². The lowest BCUT2D eigenvalue weighted by molar-refractivity contribution is 0.0995. The summed E-state index contributed by atoms with van der Waals surface area (Å²) in [5.41, 5.74) is 7.53. The van der Waals surface area contributed by atoms with Crippen molar-refractivity contribution in [3.05, 3.63) is 71.8 Å². The van der Waals surface area contributed by atoms with Crippen LogP contribution in [0.4, 0.5) is 0 Å². The quantitative estimate of drug-likeness (QED) is 0.908. The Labute approximate surface area is 129 Å². The zero-order valence-electron chi connectivity index (χ0n) is 12.4. The minimum absolute atomic E-state index is 0.0392. The number of carbonyl (C=O) groups is 1. The molecular formula is C17H18N4O. The molecule has 0 saturated heterocycles. The summed E-state index contributed by atoms with van der Waals surface area (Å²) in [4.78, 5) is 15.5. The van der Waals surface area contributed by atoms with Gasteiger partial charge in [-0.2, -0.15) is 5.10 Å². The van der Waals surface area contributed by atoms with Gasteiger partial charge in [-0.3, -0.25) is 14.9 Å². The number of hydrogen-bond donors (Lipinski definition) is 2. The Hall–Kier alpha value is -2.69. The number of amides is 1. The number of rotatable bonds is 4. The Morgan fingerprint density at radius 3 is 2.86 bits per heavy atom. The Kier molecular flexibility index (Phi) is 3.63. The molecule has 0 fully saturated rings. The largest absolute Gasteiger partial charge is 0.364 e. The molecule has 0 bridgehead atoms. The Balaban J connectivity index is 2.10. The van der Waals surface area contributed by atoms with E-state index in [1.807, 2.05) is 18.2 Å². The molecule has 1 amide bonds. The average Bonchev–Trinajstić information content (AvgIpc) is 3.02. The molecule has 5 nitrogen and oxygen atoms in total. The van der Waals surface area contributed by atoms with Crippen LogP contribution in [0.25, 0.3) is 0 Å². The minimum Gasteiger partial charge on any atom is -0.364 e. The molecule has 1 aliphatic carbocycles. The summed E-state index contributed by atoms with van der Waals surface area (Å²) in [6.07, 6.45) is 12.7. The fourth-order valence-corrected chi connectivity index (χ4v) is 3.06. The normalized spacial score (nSPS) is 21.7. The molecule has 0 aliphatic heterocycles. The Morgan fingerprint density at radius 2 is 2.23 bits per heavy atom. The van der Waals surface area contributed by atoms with E-state index in [4.69, 9.17) is 5.73 Å². The second-order valence-electron chi connectivity index (χ2n) is 5.78. The summed E-state index contributed by atoms with van der Waals surface area (Å²) in [6, 6.07) is 5.66. The van der Waals surface area contributed by atoms with Gasteiger partial charge in [-0.1, -0.05) is 31.2 Å². The van der Waals surface area contributed by atoms with E-state index in [1.165, 1.54) is 0 Å². The van der Waals surface area contributed by atoms with Gasteiger partial charge in [-0.05, 0) is 30.2 Å². The molecule has 0 aromatic carbocycles. The van der Waals surface area contributed by atoms with E-state index in [1.54, 1.807) is 18.5 Å². The number of H-pyrrole nitrogens is 1.